The summed E-state index contributed by atoms with van der Waals surface area (Å²) in [5.74, 6) is 0.289. The summed E-state index contributed by atoms with van der Waals surface area (Å²) in [6.07, 6.45) is 0. The second-order valence-electron chi connectivity index (χ2n) is 9.76. The van der Waals surface area contributed by atoms with E-state index in [-0.39, 0.29) is 18.6 Å². The molecular formula is C30H30N4O6. The van der Waals surface area contributed by atoms with E-state index in [2.05, 4.69) is 10.6 Å². The summed E-state index contributed by atoms with van der Waals surface area (Å²) in [5, 5.41) is 6.24. The van der Waals surface area contributed by atoms with Crippen molar-refractivity contribution in [3.05, 3.63) is 82.9 Å². The quantitative estimate of drug-likeness (QED) is 0.327. The number of amides is 2. The molecule has 0 saturated carbocycles. The molecule has 5 rings (SSSR count). The van der Waals surface area contributed by atoms with E-state index in [0.717, 1.165) is 6.54 Å². The van der Waals surface area contributed by atoms with Crippen LogP contribution in [0.4, 0.5) is 11.4 Å². The van der Waals surface area contributed by atoms with Crippen molar-refractivity contribution < 1.29 is 28.6 Å². The minimum absolute atomic E-state index is 0.0757. The van der Waals surface area contributed by atoms with E-state index in [9.17, 15) is 14.4 Å². The van der Waals surface area contributed by atoms with Gasteiger partial charge in [0, 0.05) is 42.5 Å². The van der Waals surface area contributed by atoms with Gasteiger partial charge in [0.2, 0.25) is 6.79 Å². The van der Waals surface area contributed by atoms with E-state index in [1.165, 1.54) is 7.11 Å². The Hall–Kier alpha value is -4.83. The summed E-state index contributed by atoms with van der Waals surface area (Å²) in [6, 6.07) is 17.5. The summed E-state index contributed by atoms with van der Waals surface area (Å²) >= 11 is 0. The monoisotopic (exact) mass is 542 g/mol. The number of carbonyl (C=O) groups excluding carboxylic acids is 3. The molecule has 2 amide bonds. The molecule has 0 unspecified atom stereocenters. The van der Waals surface area contributed by atoms with Crippen molar-refractivity contribution in [2.75, 3.05) is 58.8 Å². The number of hydrogen-bond acceptors (Lipinski definition) is 8. The molecule has 0 aromatic heterocycles. The van der Waals surface area contributed by atoms with Gasteiger partial charge in [-0.2, -0.15) is 0 Å². The van der Waals surface area contributed by atoms with Gasteiger partial charge in [-0.05, 0) is 68.7 Å². The Balaban J connectivity index is 1.51. The Kier molecular flexibility index (Phi) is 7.43. The number of nitrogens with zero attached hydrogens (tertiary/aromatic N) is 2. The zero-order valence-corrected chi connectivity index (χ0v) is 22.7. The maximum Gasteiger partial charge on any atom is 0.337 e. The zero-order chi connectivity index (χ0) is 28.4. The van der Waals surface area contributed by atoms with Gasteiger partial charge in [-0.3, -0.25) is 9.59 Å². The maximum absolute atomic E-state index is 13.3. The van der Waals surface area contributed by atoms with Crippen LogP contribution in [0.5, 0.6) is 11.5 Å². The molecule has 40 heavy (non-hydrogen) atoms. The molecule has 0 radical (unpaired) electrons. The number of rotatable bonds is 8. The Morgan fingerprint density at radius 1 is 0.900 bits per heavy atom. The average molecular weight is 543 g/mol. The van der Waals surface area contributed by atoms with Crippen LogP contribution in [0, 0.1) is 0 Å². The number of fused-ring (bicyclic) bond motifs is 2. The van der Waals surface area contributed by atoms with E-state index in [1.807, 2.05) is 31.1 Å². The van der Waals surface area contributed by atoms with Gasteiger partial charge in [-0.15, -0.1) is 0 Å². The zero-order valence-electron chi connectivity index (χ0n) is 22.7. The van der Waals surface area contributed by atoms with Crippen molar-refractivity contribution in [2.45, 2.75) is 0 Å². The number of hydrogen-bond donors (Lipinski definition) is 2. The highest BCUT2D eigenvalue weighted by atomic mass is 16.7. The first kappa shape index (κ1) is 26.8. The normalized spacial score (nSPS) is 14.5. The van der Waals surface area contributed by atoms with Gasteiger partial charge in [0.05, 0.1) is 29.6 Å². The van der Waals surface area contributed by atoms with Crippen LogP contribution >= 0.6 is 0 Å². The van der Waals surface area contributed by atoms with Crippen molar-refractivity contribution in [1.29, 1.82) is 0 Å². The molecule has 3 aromatic rings. The van der Waals surface area contributed by atoms with Gasteiger partial charge in [-0.1, -0.05) is 6.07 Å². The minimum atomic E-state index is -0.495. The van der Waals surface area contributed by atoms with Crippen LogP contribution in [0.3, 0.4) is 0 Å². The van der Waals surface area contributed by atoms with E-state index in [4.69, 9.17) is 14.2 Å². The molecule has 2 heterocycles. The molecular weight excluding hydrogens is 512 g/mol. The third-order valence-electron chi connectivity index (χ3n) is 6.73. The summed E-state index contributed by atoms with van der Waals surface area (Å²) in [7, 11) is 7.02. The summed E-state index contributed by atoms with van der Waals surface area (Å²) < 4.78 is 15.9. The van der Waals surface area contributed by atoms with Crippen molar-refractivity contribution in [2.24, 2.45) is 0 Å². The largest absolute Gasteiger partial charge is 0.465 e. The van der Waals surface area contributed by atoms with Gasteiger partial charge in [0.1, 0.15) is 0 Å². The SMILES string of the molecule is COC(=O)c1ccc2c(c1)NC(=O)C2=C(Nc1ccc(C(=O)N(C)CCN(C)C)cc1)c1ccc2c(c1)OCO2. The predicted octanol–water partition coefficient (Wildman–Crippen LogP) is 3.77. The first-order valence-electron chi connectivity index (χ1n) is 12.7. The number of nitrogens with one attached hydrogen (secondary N) is 2. The number of ether oxygens (including phenoxy) is 3. The molecule has 10 nitrogen and oxygen atoms in total. The molecule has 10 heteroatoms. The second kappa shape index (κ2) is 11.1. The number of esters is 1. The highest BCUT2D eigenvalue weighted by Crippen LogP contribution is 2.41. The molecule has 0 aliphatic carbocycles. The molecule has 2 aliphatic rings. The summed E-state index contributed by atoms with van der Waals surface area (Å²) in [5.41, 5.74) is 4.33. The van der Waals surface area contributed by atoms with Crippen LogP contribution in [-0.4, -0.2) is 75.7 Å². The molecule has 0 saturated heterocycles. The summed E-state index contributed by atoms with van der Waals surface area (Å²) in [6.45, 7) is 1.49. The first-order valence-corrected chi connectivity index (χ1v) is 12.7. The highest BCUT2D eigenvalue weighted by molar-refractivity contribution is 6.37. The van der Waals surface area contributed by atoms with Gasteiger partial charge in [0.15, 0.2) is 11.5 Å². The lowest BCUT2D eigenvalue weighted by Gasteiger charge is -2.20. The fraction of sp³-hybridized carbons (Fsp3) is 0.233. The number of benzene rings is 3. The van der Waals surface area contributed by atoms with Crippen LogP contribution in [0.1, 0.15) is 31.8 Å². The molecule has 0 atom stereocenters. The smallest absolute Gasteiger partial charge is 0.337 e. The summed E-state index contributed by atoms with van der Waals surface area (Å²) in [4.78, 5) is 41.9. The molecule has 2 aliphatic heterocycles. The minimum Gasteiger partial charge on any atom is -0.465 e. The van der Waals surface area contributed by atoms with Crippen LogP contribution in [-0.2, 0) is 9.53 Å². The van der Waals surface area contributed by atoms with Gasteiger partial charge in [0.25, 0.3) is 11.8 Å². The van der Waals surface area contributed by atoms with Crippen molar-refractivity contribution >= 4 is 40.4 Å². The van der Waals surface area contributed by atoms with Crippen molar-refractivity contribution in [1.82, 2.24) is 9.80 Å². The number of carbonyl (C=O) groups is 3. The lowest BCUT2D eigenvalue weighted by molar-refractivity contribution is -0.110. The van der Waals surface area contributed by atoms with Crippen LogP contribution in [0.15, 0.2) is 60.7 Å². The van der Waals surface area contributed by atoms with Crippen molar-refractivity contribution in [3.63, 3.8) is 0 Å². The number of methoxy groups -OCH3 is 1. The number of anilines is 2. The van der Waals surface area contributed by atoms with E-state index in [1.54, 1.807) is 60.5 Å². The topological polar surface area (TPSA) is 109 Å². The number of likely N-dealkylation sites (N-methyl/N-ethyl adjacent to an activating group) is 2. The predicted molar refractivity (Wildman–Crippen MR) is 151 cm³/mol. The first-order chi connectivity index (χ1) is 19.2. The Labute approximate surface area is 232 Å². The Morgan fingerprint density at radius 3 is 2.33 bits per heavy atom. The molecule has 206 valence electrons. The highest BCUT2D eigenvalue weighted by Gasteiger charge is 2.30. The van der Waals surface area contributed by atoms with Gasteiger partial charge >= 0.3 is 5.97 Å². The van der Waals surface area contributed by atoms with E-state index in [0.29, 0.717) is 62.9 Å². The van der Waals surface area contributed by atoms with E-state index >= 15 is 0 Å². The average Bonchev–Trinajstić information content (AvgIpc) is 3.56. The maximum atomic E-state index is 13.3. The fourth-order valence-corrected chi connectivity index (χ4v) is 4.51. The Morgan fingerprint density at radius 2 is 1.60 bits per heavy atom. The molecule has 0 fully saturated rings. The van der Waals surface area contributed by atoms with Crippen LogP contribution in [0.25, 0.3) is 11.3 Å². The molecule has 0 bridgehead atoms. The standard InChI is InChI=1S/C30H30N4O6/c1-33(2)13-14-34(3)29(36)18-5-9-21(10-6-18)31-27(19-8-12-24-25(16-19)40-17-39-24)26-22-11-7-20(30(37)38-4)15-23(22)32-28(26)35/h5-12,15-16,31H,13-14,17H2,1-4H3,(H,32,35). The molecule has 2 N–H and O–H groups in total. The molecule has 3 aromatic carbocycles. The van der Waals surface area contributed by atoms with Crippen molar-refractivity contribution in [3.8, 4) is 11.5 Å². The lowest BCUT2D eigenvalue weighted by atomic mass is 9.98. The van der Waals surface area contributed by atoms with Crippen LogP contribution < -0.4 is 20.1 Å². The fourth-order valence-electron chi connectivity index (χ4n) is 4.51. The lowest BCUT2D eigenvalue weighted by Crippen LogP contribution is -2.33. The Bertz CT molecular complexity index is 1510. The third kappa shape index (κ3) is 5.34. The van der Waals surface area contributed by atoms with Gasteiger partial charge < -0.3 is 34.6 Å². The third-order valence-corrected chi connectivity index (χ3v) is 6.73. The van der Waals surface area contributed by atoms with Crippen LogP contribution in [0.2, 0.25) is 0 Å². The second-order valence-corrected chi connectivity index (χ2v) is 9.76. The molecule has 0 spiro atoms. The van der Waals surface area contributed by atoms with E-state index < -0.39 is 5.97 Å². The van der Waals surface area contributed by atoms with Gasteiger partial charge in [-0.25, -0.2) is 4.79 Å².